The molecule has 0 amide bonds. The van der Waals surface area contributed by atoms with Gasteiger partial charge in [-0.2, -0.15) is 0 Å². The summed E-state index contributed by atoms with van der Waals surface area (Å²) in [7, 11) is 3.45. The number of methoxy groups -OCH3 is 2. The molecule has 0 spiro atoms. The van der Waals surface area contributed by atoms with E-state index in [-0.39, 0.29) is 12.1 Å². The zero-order valence-electron chi connectivity index (χ0n) is 9.97. The van der Waals surface area contributed by atoms with Gasteiger partial charge >= 0.3 is 0 Å². The Kier molecular flexibility index (Phi) is 4.31. The van der Waals surface area contributed by atoms with Crippen molar-refractivity contribution in [1.82, 2.24) is 9.97 Å². The number of hydrogen-bond acceptors (Lipinski definition) is 5. The number of rotatable bonds is 4. The molecule has 0 aliphatic carbocycles. The molecular weight excluding hydrogens is 286 g/mol. The van der Waals surface area contributed by atoms with Gasteiger partial charge in [0.05, 0.1) is 23.2 Å². The van der Waals surface area contributed by atoms with Crippen LogP contribution < -0.4 is 4.90 Å². The zero-order valence-corrected chi connectivity index (χ0v) is 11.6. The number of nitrogens with zero attached hydrogens (tertiary/aromatic N) is 3. The molecule has 1 aromatic rings. The smallest absolute Gasteiger partial charge is 0.225 e. The molecule has 94 valence electrons. The van der Waals surface area contributed by atoms with E-state index >= 15 is 0 Å². The maximum Gasteiger partial charge on any atom is 0.225 e. The maximum atomic E-state index is 5.40. The molecule has 17 heavy (non-hydrogen) atoms. The van der Waals surface area contributed by atoms with Gasteiger partial charge in [0.1, 0.15) is 0 Å². The fraction of sp³-hybridized carbons (Fsp3) is 0.636. The number of anilines is 1. The van der Waals surface area contributed by atoms with Gasteiger partial charge in [0, 0.05) is 33.2 Å². The van der Waals surface area contributed by atoms with Crippen LogP contribution in [0.2, 0.25) is 0 Å². The molecule has 0 unspecified atom stereocenters. The van der Waals surface area contributed by atoms with Crippen molar-refractivity contribution in [3.05, 3.63) is 16.9 Å². The molecule has 2 rings (SSSR count). The first-order valence-corrected chi connectivity index (χ1v) is 6.29. The first-order valence-electron chi connectivity index (χ1n) is 5.50. The van der Waals surface area contributed by atoms with E-state index in [1.54, 1.807) is 26.6 Å². The molecule has 0 N–H and O–H groups in total. The van der Waals surface area contributed by atoms with Gasteiger partial charge in [0.15, 0.2) is 0 Å². The molecule has 2 atom stereocenters. The van der Waals surface area contributed by atoms with Crippen molar-refractivity contribution in [2.45, 2.75) is 18.6 Å². The number of hydrogen-bond donors (Lipinski definition) is 0. The fourth-order valence-electron chi connectivity index (χ4n) is 2.09. The Bertz CT molecular complexity index is 360. The Balaban J connectivity index is 2.14. The van der Waals surface area contributed by atoms with Gasteiger partial charge in [-0.25, -0.2) is 9.97 Å². The third kappa shape index (κ3) is 2.94. The van der Waals surface area contributed by atoms with Crippen molar-refractivity contribution >= 4 is 21.9 Å². The average Bonchev–Trinajstić information content (AvgIpc) is 2.74. The van der Waals surface area contributed by atoms with Crippen LogP contribution in [0.1, 0.15) is 6.42 Å². The van der Waals surface area contributed by atoms with Gasteiger partial charge in [-0.15, -0.1) is 0 Å². The van der Waals surface area contributed by atoms with Crippen LogP contribution in [0.25, 0.3) is 0 Å². The minimum Gasteiger partial charge on any atom is -0.383 e. The second-order valence-corrected chi connectivity index (χ2v) is 4.97. The van der Waals surface area contributed by atoms with E-state index < -0.39 is 0 Å². The predicted molar refractivity (Wildman–Crippen MR) is 68.2 cm³/mol. The first kappa shape index (κ1) is 12.7. The highest BCUT2D eigenvalue weighted by Gasteiger charge is 2.33. The summed E-state index contributed by atoms with van der Waals surface area (Å²) < 4.78 is 11.5. The van der Waals surface area contributed by atoms with Crippen molar-refractivity contribution in [3.63, 3.8) is 0 Å². The lowest BCUT2D eigenvalue weighted by molar-refractivity contribution is 0.111. The van der Waals surface area contributed by atoms with Crippen molar-refractivity contribution in [3.8, 4) is 0 Å². The Morgan fingerprint density at radius 2 is 2.12 bits per heavy atom. The number of aromatic nitrogens is 2. The third-order valence-corrected chi connectivity index (χ3v) is 3.34. The summed E-state index contributed by atoms with van der Waals surface area (Å²) in [4.78, 5) is 10.8. The van der Waals surface area contributed by atoms with Gasteiger partial charge in [-0.3, -0.25) is 0 Å². The van der Waals surface area contributed by atoms with E-state index in [1.165, 1.54) is 0 Å². The Morgan fingerprint density at radius 3 is 2.71 bits per heavy atom. The molecule has 0 radical (unpaired) electrons. The van der Waals surface area contributed by atoms with Crippen LogP contribution in [0.15, 0.2) is 16.9 Å². The summed E-state index contributed by atoms with van der Waals surface area (Å²) in [6.07, 6.45) is 4.69. The normalized spacial score (nSPS) is 24.3. The summed E-state index contributed by atoms with van der Waals surface area (Å²) >= 11 is 3.33. The molecule has 1 aliphatic heterocycles. The maximum absolute atomic E-state index is 5.40. The molecule has 5 nitrogen and oxygen atoms in total. The zero-order chi connectivity index (χ0) is 12.3. The van der Waals surface area contributed by atoms with Gasteiger partial charge in [-0.1, -0.05) is 0 Å². The molecule has 1 saturated heterocycles. The summed E-state index contributed by atoms with van der Waals surface area (Å²) in [6, 6.07) is 0.283. The molecule has 1 fully saturated rings. The Labute approximate surface area is 109 Å². The number of ether oxygens (including phenoxy) is 2. The van der Waals surface area contributed by atoms with Gasteiger partial charge in [0.25, 0.3) is 0 Å². The van der Waals surface area contributed by atoms with E-state index in [1.807, 2.05) is 0 Å². The van der Waals surface area contributed by atoms with Crippen molar-refractivity contribution in [1.29, 1.82) is 0 Å². The highest BCUT2D eigenvalue weighted by molar-refractivity contribution is 9.10. The topological polar surface area (TPSA) is 47.5 Å². The monoisotopic (exact) mass is 301 g/mol. The standard InChI is InChI=1S/C11H16BrN3O2/c1-16-7-9-3-10(17-2)6-15(9)11-13-4-8(12)5-14-11/h4-5,9-10H,3,6-7H2,1-2H3/t9-,10-/m0/s1. The van der Waals surface area contributed by atoms with Crippen LogP contribution in [0.5, 0.6) is 0 Å². The van der Waals surface area contributed by atoms with Crippen molar-refractivity contribution in [2.75, 3.05) is 32.3 Å². The van der Waals surface area contributed by atoms with E-state index in [0.29, 0.717) is 6.61 Å². The molecule has 6 heteroatoms. The molecular formula is C11H16BrN3O2. The molecule has 1 aromatic heterocycles. The number of halogens is 1. The van der Waals surface area contributed by atoms with Gasteiger partial charge in [0.2, 0.25) is 5.95 Å². The summed E-state index contributed by atoms with van der Waals surface area (Å²) in [5.41, 5.74) is 0. The second kappa shape index (κ2) is 5.75. The molecule has 0 saturated carbocycles. The van der Waals surface area contributed by atoms with Gasteiger partial charge in [-0.05, 0) is 22.4 Å². The van der Waals surface area contributed by atoms with Crippen molar-refractivity contribution < 1.29 is 9.47 Å². The van der Waals surface area contributed by atoms with Crippen LogP contribution in [-0.2, 0) is 9.47 Å². The van der Waals surface area contributed by atoms with E-state index in [0.717, 1.165) is 23.4 Å². The molecule has 2 heterocycles. The molecule has 1 aliphatic rings. The lowest BCUT2D eigenvalue weighted by Gasteiger charge is -2.23. The summed E-state index contributed by atoms with van der Waals surface area (Å²) in [6.45, 7) is 1.48. The largest absolute Gasteiger partial charge is 0.383 e. The lowest BCUT2D eigenvalue weighted by atomic mass is 10.2. The van der Waals surface area contributed by atoms with Crippen LogP contribution in [0.4, 0.5) is 5.95 Å². The van der Waals surface area contributed by atoms with E-state index in [9.17, 15) is 0 Å². The first-order chi connectivity index (χ1) is 8.24. The highest BCUT2D eigenvalue weighted by atomic mass is 79.9. The lowest BCUT2D eigenvalue weighted by Crippen LogP contribution is -2.34. The van der Waals surface area contributed by atoms with Crippen LogP contribution in [-0.4, -0.2) is 49.5 Å². The second-order valence-electron chi connectivity index (χ2n) is 4.06. The Hall–Kier alpha value is -0.720. The molecule has 0 bridgehead atoms. The van der Waals surface area contributed by atoms with Crippen LogP contribution in [0, 0.1) is 0 Å². The quantitative estimate of drug-likeness (QED) is 0.843. The average molecular weight is 302 g/mol. The van der Waals surface area contributed by atoms with Gasteiger partial charge < -0.3 is 14.4 Å². The highest BCUT2D eigenvalue weighted by Crippen LogP contribution is 2.24. The van der Waals surface area contributed by atoms with E-state index in [2.05, 4.69) is 30.8 Å². The Morgan fingerprint density at radius 1 is 1.41 bits per heavy atom. The minimum absolute atomic E-state index is 0.224. The van der Waals surface area contributed by atoms with Crippen molar-refractivity contribution in [2.24, 2.45) is 0 Å². The van der Waals surface area contributed by atoms with Crippen LogP contribution in [0.3, 0.4) is 0 Å². The minimum atomic E-state index is 0.224. The third-order valence-electron chi connectivity index (χ3n) is 2.93. The SMILES string of the molecule is COC[C@@H]1C[C@H](OC)CN1c1ncc(Br)cn1. The van der Waals surface area contributed by atoms with Crippen LogP contribution >= 0.6 is 15.9 Å². The van der Waals surface area contributed by atoms with E-state index in [4.69, 9.17) is 9.47 Å². The fourth-order valence-corrected chi connectivity index (χ4v) is 2.30. The molecule has 0 aromatic carbocycles. The predicted octanol–water partition coefficient (Wildman–Crippen LogP) is 1.48. The summed E-state index contributed by atoms with van der Waals surface area (Å²) in [5.74, 6) is 0.731. The summed E-state index contributed by atoms with van der Waals surface area (Å²) in [5, 5.41) is 0.